The largest absolute Gasteiger partial charge is 0.354 e. The molecule has 0 heterocycles. The summed E-state index contributed by atoms with van der Waals surface area (Å²) in [7, 11) is 0. The molecule has 6 N–H and O–H groups in total. The quantitative estimate of drug-likeness (QED) is 0.0348. The minimum Gasteiger partial charge on any atom is -0.354 e. The maximum absolute atomic E-state index is 12.9. The van der Waals surface area contributed by atoms with Crippen molar-refractivity contribution in [2.75, 3.05) is 26.2 Å². The number of hydrogen-bond donors (Lipinski definition) is 6. The number of rotatable bonds is 26. The Morgan fingerprint density at radius 1 is 0.468 bits per heavy atom. The lowest BCUT2D eigenvalue weighted by Crippen LogP contribution is -2.48. The molecule has 10 heteroatoms. The molecule has 0 aliphatic rings. The molecule has 0 fully saturated rings. The van der Waals surface area contributed by atoms with E-state index in [0.717, 1.165) is 60.4 Å². The van der Waals surface area contributed by atoms with Crippen molar-refractivity contribution in [2.24, 2.45) is 11.8 Å². The smallest absolute Gasteiger partial charge is 0.242 e. The highest BCUT2D eigenvalue weighted by molar-refractivity contribution is 5.89. The first-order chi connectivity index (χ1) is 29.7. The van der Waals surface area contributed by atoms with Crippen molar-refractivity contribution in [1.82, 2.24) is 31.9 Å². The third kappa shape index (κ3) is 21.3. The molecule has 2 atom stereocenters. The number of nitrogens with one attached hydrogen (secondary N) is 6. The lowest BCUT2D eigenvalue weighted by molar-refractivity contribution is -0.129. The van der Waals surface area contributed by atoms with Crippen molar-refractivity contribution in [3.05, 3.63) is 96.1 Å². The van der Waals surface area contributed by atoms with Crippen LogP contribution in [0.5, 0.6) is 0 Å². The van der Waals surface area contributed by atoms with E-state index in [1.165, 1.54) is 10.8 Å². The summed E-state index contributed by atoms with van der Waals surface area (Å²) in [6.07, 6.45) is 8.10. The molecule has 4 amide bonds. The van der Waals surface area contributed by atoms with Gasteiger partial charge in [0.05, 0.1) is 0 Å². The van der Waals surface area contributed by atoms with Crippen LogP contribution in [0, 0.1) is 11.8 Å². The van der Waals surface area contributed by atoms with Crippen molar-refractivity contribution in [3.63, 3.8) is 0 Å². The molecule has 0 radical (unpaired) electrons. The number of fused-ring (bicyclic) bond motifs is 2. The van der Waals surface area contributed by atoms with Gasteiger partial charge in [0.25, 0.3) is 0 Å². The van der Waals surface area contributed by atoms with Crippen LogP contribution >= 0.6 is 0 Å². The fraction of sp³-hybridized carbons (Fsp3) is 0.538. The molecule has 4 rings (SSSR count). The molecule has 0 bridgehead atoms. The highest BCUT2D eigenvalue weighted by atomic mass is 16.2. The normalized spacial score (nSPS) is 12.3. The van der Waals surface area contributed by atoms with Gasteiger partial charge in [-0.25, -0.2) is 0 Å². The van der Waals surface area contributed by atoms with Gasteiger partial charge in [-0.05, 0) is 57.3 Å². The summed E-state index contributed by atoms with van der Waals surface area (Å²) in [6, 6.07) is 28.3. The van der Waals surface area contributed by atoms with Gasteiger partial charge in [0.2, 0.25) is 23.6 Å². The van der Waals surface area contributed by atoms with Gasteiger partial charge >= 0.3 is 0 Å². The van der Waals surface area contributed by atoms with Crippen molar-refractivity contribution < 1.29 is 27.7 Å². The Balaban J connectivity index is -0.000000554. The van der Waals surface area contributed by atoms with Gasteiger partial charge in [0, 0.05) is 72.5 Å². The second-order valence-corrected chi connectivity index (χ2v) is 18.1. The number of carbonyl (C=O) groups is 4. The molecule has 0 aromatic heterocycles. The molecule has 62 heavy (non-hydrogen) atoms. The van der Waals surface area contributed by atoms with Crippen molar-refractivity contribution in [1.29, 1.82) is 0 Å². The molecule has 10 nitrogen and oxygen atoms in total. The van der Waals surface area contributed by atoms with E-state index in [2.05, 4.69) is 108 Å². The summed E-state index contributed by atoms with van der Waals surface area (Å²) in [5.41, 5.74) is 2.08. The molecule has 352 valence electrons. The Morgan fingerprint density at radius 3 is 1.19 bits per heavy atom. The number of unbranched alkanes of at least 4 members (excludes halogenated alkanes) is 2. The van der Waals surface area contributed by atoms with E-state index in [1.54, 1.807) is 0 Å². The average Bonchev–Trinajstić information content (AvgIpc) is 3.22. The maximum Gasteiger partial charge on any atom is 0.242 e. The summed E-state index contributed by atoms with van der Waals surface area (Å²) in [5, 5.41) is 23.1. The monoisotopic (exact) mass is 863 g/mol. The van der Waals surface area contributed by atoms with Gasteiger partial charge in [-0.3, -0.25) is 19.2 Å². The van der Waals surface area contributed by atoms with Crippen LogP contribution in [0.3, 0.4) is 0 Å². The van der Waals surface area contributed by atoms with E-state index in [4.69, 9.17) is 0 Å². The zero-order chi connectivity index (χ0) is 45.3. The fourth-order valence-electron chi connectivity index (χ4n) is 7.13. The third-order valence-corrected chi connectivity index (χ3v) is 10.6. The van der Waals surface area contributed by atoms with Crippen molar-refractivity contribution in [2.45, 2.75) is 144 Å². The second kappa shape index (κ2) is 28.7. The first-order valence-corrected chi connectivity index (χ1v) is 23.3. The van der Waals surface area contributed by atoms with Crippen LogP contribution in [-0.4, -0.2) is 74.0 Å². The minimum absolute atomic E-state index is 0. The topological polar surface area (TPSA) is 140 Å². The predicted octanol–water partition coefficient (Wildman–Crippen LogP) is 9.87. The Bertz CT molecular complexity index is 1830. The van der Waals surface area contributed by atoms with E-state index in [-0.39, 0.29) is 32.2 Å². The first-order valence-electron chi connectivity index (χ1n) is 23.3. The molecular weight excluding hydrogens is 773 g/mol. The molecular formula is C52H90N6O4. The Kier molecular flexibility index (Phi) is 23.9. The van der Waals surface area contributed by atoms with Gasteiger partial charge in [0.1, 0.15) is 12.1 Å². The van der Waals surface area contributed by atoms with Crippen LogP contribution in [0.1, 0.15) is 126 Å². The SMILES string of the molecule is CC(C)CCCCNC(=O)[C@@H](Cc1ccc2ccccc2c1)NC(=O)CCNC(C)C.CC(C)CCCCNC(=O)[C@H](Cc1ccc2ccccc2c1)NC(=O)CCNC(C)C.[HH].[HH].[HH].[HH].[HH].[HH]. The van der Waals surface area contributed by atoms with E-state index in [9.17, 15) is 19.2 Å². The van der Waals surface area contributed by atoms with Gasteiger partial charge in [0.15, 0.2) is 0 Å². The zero-order valence-electron chi connectivity index (χ0n) is 39.1. The standard InChI is InChI=1S/2C26H39N3O2.6H2/c2*1-19(2)9-7-8-15-28-26(31)24(29-25(30)14-16-27-20(3)4)18-21-12-13-22-10-5-6-11-23(22)17-21;;;;;;/h2*5-6,10-13,17,19-20,24,27H,7-9,14-16,18H2,1-4H3,(H,28,31)(H,29,30);6*1H/t2*24-;;;;;;/m10....../s1. The molecule has 0 saturated carbocycles. The fourth-order valence-corrected chi connectivity index (χ4v) is 7.13. The number of amides is 4. The van der Waals surface area contributed by atoms with Crippen LogP contribution in [0.25, 0.3) is 21.5 Å². The summed E-state index contributed by atoms with van der Waals surface area (Å²) in [6.45, 7) is 19.5. The Morgan fingerprint density at radius 2 is 0.839 bits per heavy atom. The third-order valence-electron chi connectivity index (χ3n) is 10.6. The highest BCUT2D eigenvalue weighted by Gasteiger charge is 2.22. The summed E-state index contributed by atoms with van der Waals surface area (Å²) in [4.78, 5) is 50.7. The van der Waals surface area contributed by atoms with Gasteiger partial charge in [-0.2, -0.15) is 0 Å². The highest BCUT2D eigenvalue weighted by Crippen LogP contribution is 2.18. The molecule has 0 aliphatic heterocycles. The van der Waals surface area contributed by atoms with Crippen LogP contribution in [0.4, 0.5) is 0 Å². The first kappa shape index (κ1) is 51.5. The zero-order valence-corrected chi connectivity index (χ0v) is 39.1. The Hall–Kier alpha value is -4.80. The molecule has 0 unspecified atom stereocenters. The molecule has 0 saturated heterocycles. The summed E-state index contributed by atoms with van der Waals surface area (Å²) < 4.78 is 0. The lowest BCUT2D eigenvalue weighted by Gasteiger charge is -2.19. The number of benzene rings is 4. The molecule has 4 aromatic carbocycles. The number of hydrogen-bond acceptors (Lipinski definition) is 6. The predicted molar refractivity (Wildman–Crippen MR) is 271 cm³/mol. The van der Waals surface area contributed by atoms with Crippen LogP contribution in [0.2, 0.25) is 0 Å². The molecule has 0 spiro atoms. The van der Waals surface area contributed by atoms with Crippen molar-refractivity contribution in [3.8, 4) is 0 Å². The van der Waals surface area contributed by atoms with Gasteiger partial charge < -0.3 is 31.9 Å². The lowest BCUT2D eigenvalue weighted by atomic mass is 10.0. The van der Waals surface area contributed by atoms with E-state index < -0.39 is 12.1 Å². The summed E-state index contributed by atoms with van der Waals surface area (Å²) in [5.74, 6) is 0.929. The number of carbonyl (C=O) groups excluding carboxylic acids is 4. The minimum atomic E-state index is -0.571. The molecule has 4 aromatic rings. The average molecular weight is 863 g/mol. The second-order valence-electron chi connectivity index (χ2n) is 18.1. The maximum atomic E-state index is 12.9. The van der Waals surface area contributed by atoms with E-state index in [0.29, 0.717) is 75.8 Å². The van der Waals surface area contributed by atoms with E-state index in [1.807, 2.05) is 64.1 Å². The summed E-state index contributed by atoms with van der Waals surface area (Å²) >= 11 is 0. The molecule has 0 aliphatic carbocycles. The van der Waals surface area contributed by atoms with Crippen LogP contribution < -0.4 is 31.9 Å². The van der Waals surface area contributed by atoms with E-state index >= 15 is 0 Å². The van der Waals surface area contributed by atoms with Gasteiger partial charge in [-0.15, -0.1) is 0 Å². The van der Waals surface area contributed by atoms with Crippen LogP contribution in [0.15, 0.2) is 84.9 Å². The van der Waals surface area contributed by atoms with Crippen LogP contribution in [-0.2, 0) is 32.0 Å². The van der Waals surface area contributed by atoms with Crippen molar-refractivity contribution >= 4 is 45.2 Å². The van der Waals surface area contributed by atoms with Gasteiger partial charge in [-0.1, -0.05) is 166 Å². The Labute approximate surface area is 381 Å².